The fraction of sp³-hybridized carbons (Fsp3) is 0.235. The van der Waals surface area contributed by atoms with Gasteiger partial charge in [0.05, 0.1) is 6.42 Å². The highest BCUT2D eigenvalue weighted by Gasteiger charge is 2.16. The van der Waals surface area contributed by atoms with E-state index < -0.39 is 11.6 Å². The van der Waals surface area contributed by atoms with Crippen LogP contribution in [0, 0.1) is 25.5 Å². The van der Waals surface area contributed by atoms with Crippen molar-refractivity contribution >= 4 is 11.6 Å². The van der Waals surface area contributed by atoms with Crippen molar-refractivity contribution in [1.82, 2.24) is 0 Å². The van der Waals surface area contributed by atoms with Crippen molar-refractivity contribution < 1.29 is 13.6 Å². The molecule has 0 atom stereocenters. The lowest BCUT2D eigenvalue weighted by Gasteiger charge is -2.19. The number of likely N-dealkylation sites (N-methyl/N-ethyl adjacent to an activating group) is 1. The van der Waals surface area contributed by atoms with Gasteiger partial charge in [-0.2, -0.15) is 0 Å². The highest BCUT2D eigenvalue weighted by Crippen LogP contribution is 2.20. The second kappa shape index (κ2) is 6.04. The first kappa shape index (κ1) is 15.2. The summed E-state index contributed by atoms with van der Waals surface area (Å²) in [6.07, 6.45) is -0.173. The van der Waals surface area contributed by atoms with E-state index >= 15 is 0 Å². The Morgan fingerprint density at radius 3 is 2.38 bits per heavy atom. The lowest BCUT2D eigenvalue weighted by atomic mass is 10.1. The highest BCUT2D eigenvalue weighted by molar-refractivity contribution is 5.94. The highest BCUT2D eigenvalue weighted by atomic mass is 19.1. The molecule has 0 radical (unpaired) electrons. The molecule has 0 spiro atoms. The second-order valence-electron chi connectivity index (χ2n) is 5.11. The van der Waals surface area contributed by atoms with Crippen LogP contribution < -0.4 is 4.90 Å². The van der Waals surface area contributed by atoms with Gasteiger partial charge in [0.1, 0.15) is 11.6 Å². The van der Waals surface area contributed by atoms with Crippen LogP contribution in [0.1, 0.15) is 16.7 Å². The Morgan fingerprint density at radius 2 is 1.71 bits per heavy atom. The zero-order valence-electron chi connectivity index (χ0n) is 12.3. The maximum atomic E-state index is 13.8. The molecular weight excluding hydrogens is 272 g/mol. The number of aryl methyl sites for hydroxylation is 2. The van der Waals surface area contributed by atoms with Crippen LogP contribution in [0.3, 0.4) is 0 Å². The van der Waals surface area contributed by atoms with Crippen LogP contribution in [0.5, 0.6) is 0 Å². The van der Waals surface area contributed by atoms with E-state index in [0.717, 1.165) is 23.4 Å². The number of carbonyl (C=O) groups excluding carboxylic acids is 1. The fourth-order valence-electron chi connectivity index (χ4n) is 2.18. The molecule has 0 aromatic heterocycles. The number of amides is 1. The van der Waals surface area contributed by atoms with Crippen molar-refractivity contribution in [2.75, 3.05) is 11.9 Å². The summed E-state index contributed by atoms with van der Waals surface area (Å²) in [5.41, 5.74) is 2.01. The molecule has 0 N–H and O–H groups in total. The van der Waals surface area contributed by atoms with Gasteiger partial charge in [-0.25, -0.2) is 8.78 Å². The van der Waals surface area contributed by atoms with Gasteiger partial charge in [0.2, 0.25) is 5.91 Å². The fourth-order valence-corrected chi connectivity index (χ4v) is 2.18. The topological polar surface area (TPSA) is 20.3 Å². The zero-order chi connectivity index (χ0) is 15.6. The molecule has 2 rings (SSSR count). The zero-order valence-corrected chi connectivity index (χ0v) is 12.3. The van der Waals surface area contributed by atoms with Crippen molar-refractivity contribution in [3.05, 3.63) is 64.7 Å². The van der Waals surface area contributed by atoms with Crippen LogP contribution in [0.2, 0.25) is 0 Å². The van der Waals surface area contributed by atoms with Crippen LogP contribution in [0.4, 0.5) is 14.5 Å². The molecule has 2 aromatic rings. The summed E-state index contributed by atoms with van der Waals surface area (Å²) in [6.45, 7) is 3.38. The Bertz CT molecular complexity index is 682. The predicted octanol–water partition coefficient (Wildman–Crippen LogP) is 3.79. The summed E-state index contributed by atoms with van der Waals surface area (Å²) in [4.78, 5) is 13.7. The predicted molar refractivity (Wildman–Crippen MR) is 79.4 cm³/mol. The van der Waals surface area contributed by atoms with Crippen molar-refractivity contribution in [2.45, 2.75) is 20.3 Å². The van der Waals surface area contributed by atoms with Gasteiger partial charge >= 0.3 is 0 Å². The maximum absolute atomic E-state index is 13.8. The summed E-state index contributed by atoms with van der Waals surface area (Å²) in [6, 6.07) is 9.63. The first-order valence-corrected chi connectivity index (χ1v) is 6.67. The van der Waals surface area contributed by atoms with E-state index in [0.29, 0.717) is 0 Å². The average Bonchev–Trinajstić information content (AvgIpc) is 2.44. The monoisotopic (exact) mass is 289 g/mol. The SMILES string of the molecule is Cc1cc(F)c(CC(=O)N(C)c2ccccc2C)cc1F. The lowest BCUT2D eigenvalue weighted by Crippen LogP contribution is -2.28. The minimum Gasteiger partial charge on any atom is -0.315 e. The van der Waals surface area contributed by atoms with Gasteiger partial charge in [0.25, 0.3) is 0 Å². The van der Waals surface area contributed by atoms with E-state index in [4.69, 9.17) is 0 Å². The number of halogens is 2. The summed E-state index contributed by atoms with van der Waals surface area (Å²) < 4.78 is 27.3. The summed E-state index contributed by atoms with van der Waals surface area (Å²) in [5, 5.41) is 0. The second-order valence-corrected chi connectivity index (χ2v) is 5.11. The van der Waals surface area contributed by atoms with Crippen LogP contribution in [-0.4, -0.2) is 13.0 Å². The van der Waals surface area contributed by atoms with E-state index in [-0.39, 0.29) is 23.5 Å². The third-order valence-electron chi connectivity index (χ3n) is 3.52. The van der Waals surface area contributed by atoms with Crippen LogP contribution in [0.15, 0.2) is 36.4 Å². The molecule has 0 unspecified atom stereocenters. The number of hydrogen-bond donors (Lipinski definition) is 0. The van der Waals surface area contributed by atoms with Gasteiger partial charge in [-0.05, 0) is 43.2 Å². The minimum atomic E-state index is -0.555. The molecule has 4 heteroatoms. The molecular formula is C17H17F2NO. The van der Waals surface area contributed by atoms with Gasteiger partial charge in [-0.1, -0.05) is 18.2 Å². The molecule has 0 aliphatic heterocycles. The quantitative estimate of drug-likeness (QED) is 0.842. The summed E-state index contributed by atoms with van der Waals surface area (Å²) in [7, 11) is 1.63. The van der Waals surface area contributed by atoms with E-state index in [1.165, 1.54) is 11.8 Å². The van der Waals surface area contributed by atoms with Crippen molar-refractivity contribution in [3.8, 4) is 0 Å². The number of benzene rings is 2. The van der Waals surface area contributed by atoms with Crippen LogP contribution in [0.25, 0.3) is 0 Å². The number of nitrogens with zero attached hydrogens (tertiary/aromatic N) is 1. The Kier molecular flexibility index (Phi) is 4.36. The largest absolute Gasteiger partial charge is 0.315 e. The number of carbonyl (C=O) groups is 1. The van der Waals surface area contributed by atoms with Crippen LogP contribution in [-0.2, 0) is 11.2 Å². The molecule has 2 nitrogen and oxygen atoms in total. The van der Waals surface area contributed by atoms with Gasteiger partial charge in [0, 0.05) is 18.3 Å². The molecule has 0 aliphatic carbocycles. The van der Waals surface area contributed by atoms with E-state index in [2.05, 4.69) is 0 Å². The first-order chi connectivity index (χ1) is 9.90. The number of para-hydroxylation sites is 1. The Morgan fingerprint density at radius 1 is 1.05 bits per heavy atom. The number of rotatable bonds is 3. The van der Waals surface area contributed by atoms with Gasteiger partial charge < -0.3 is 4.90 Å². The summed E-state index contributed by atoms with van der Waals surface area (Å²) >= 11 is 0. The molecule has 1 amide bonds. The van der Waals surface area contributed by atoms with E-state index in [1.807, 2.05) is 31.2 Å². The molecule has 0 bridgehead atoms. The number of hydrogen-bond acceptors (Lipinski definition) is 1. The standard InChI is InChI=1S/C17H17F2NO/c1-11-6-4-5-7-16(11)20(3)17(21)10-13-9-14(18)12(2)8-15(13)19/h4-9H,10H2,1-3H3. The summed E-state index contributed by atoms with van der Waals surface area (Å²) in [5.74, 6) is -1.34. The molecule has 110 valence electrons. The van der Waals surface area contributed by atoms with Gasteiger partial charge in [0.15, 0.2) is 0 Å². The third kappa shape index (κ3) is 3.27. The third-order valence-corrected chi connectivity index (χ3v) is 3.52. The van der Waals surface area contributed by atoms with Crippen LogP contribution >= 0.6 is 0 Å². The Labute approximate surface area is 123 Å². The van der Waals surface area contributed by atoms with Crippen molar-refractivity contribution in [1.29, 1.82) is 0 Å². The molecule has 0 heterocycles. The smallest absolute Gasteiger partial charge is 0.231 e. The minimum absolute atomic E-state index is 0.0727. The Hall–Kier alpha value is -2.23. The molecule has 0 aliphatic rings. The maximum Gasteiger partial charge on any atom is 0.231 e. The Balaban J connectivity index is 2.22. The normalized spacial score (nSPS) is 10.5. The average molecular weight is 289 g/mol. The van der Waals surface area contributed by atoms with Crippen molar-refractivity contribution in [3.63, 3.8) is 0 Å². The first-order valence-electron chi connectivity index (χ1n) is 6.67. The molecule has 0 saturated heterocycles. The van der Waals surface area contributed by atoms with E-state index in [9.17, 15) is 13.6 Å². The molecule has 21 heavy (non-hydrogen) atoms. The lowest BCUT2D eigenvalue weighted by molar-refractivity contribution is -0.117. The number of anilines is 1. The van der Waals surface area contributed by atoms with Crippen molar-refractivity contribution in [2.24, 2.45) is 0 Å². The van der Waals surface area contributed by atoms with Gasteiger partial charge in [-0.3, -0.25) is 4.79 Å². The molecule has 0 saturated carbocycles. The van der Waals surface area contributed by atoms with E-state index in [1.54, 1.807) is 7.05 Å². The molecule has 2 aromatic carbocycles. The molecule has 0 fully saturated rings. The van der Waals surface area contributed by atoms with Gasteiger partial charge in [-0.15, -0.1) is 0 Å².